The predicted octanol–water partition coefficient (Wildman–Crippen LogP) is 4.42. The Morgan fingerprint density at radius 1 is 1.25 bits per heavy atom. The average Bonchev–Trinajstić information content (AvgIpc) is 2.46. The molecule has 0 fully saturated rings. The first-order valence-corrected chi connectivity index (χ1v) is 8.59. The van der Waals surface area contributed by atoms with Gasteiger partial charge in [-0.25, -0.2) is 0 Å². The summed E-state index contributed by atoms with van der Waals surface area (Å²) in [6.45, 7) is 8.19. The Bertz CT molecular complexity index is 357. The Labute approximate surface area is 132 Å². The molecule has 1 rings (SSSR count). The molecule has 2 nitrogen and oxygen atoms in total. The number of hydrogen-bond acceptors (Lipinski definition) is 2. The van der Waals surface area contributed by atoms with E-state index in [0.29, 0.717) is 5.92 Å². The van der Waals surface area contributed by atoms with Crippen LogP contribution in [-0.4, -0.2) is 26.3 Å². The van der Waals surface area contributed by atoms with Crippen LogP contribution in [-0.2, 0) is 11.2 Å². The van der Waals surface area contributed by atoms with Crippen LogP contribution in [0.2, 0.25) is 0 Å². The molecule has 1 aromatic rings. The molecule has 0 bridgehead atoms. The molecular formula is C17H28BrNO. The minimum absolute atomic E-state index is 0.681. The molecule has 0 spiro atoms. The SMILES string of the molecule is CCCNCC(CCCOCC)Cc1ccccc1Br. The molecular weight excluding hydrogens is 314 g/mol. The zero-order valence-electron chi connectivity index (χ0n) is 12.8. The summed E-state index contributed by atoms with van der Waals surface area (Å²) < 4.78 is 6.68. The Morgan fingerprint density at radius 3 is 2.75 bits per heavy atom. The summed E-state index contributed by atoms with van der Waals surface area (Å²) in [7, 11) is 0. The van der Waals surface area contributed by atoms with Crippen LogP contribution in [0.25, 0.3) is 0 Å². The van der Waals surface area contributed by atoms with Crippen LogP contribution in [0, 0.1) is 5.92 Å². The fraction of sp³-hybridized carbons (Fsp3) is 0.647. The van der Waals surface area contributed by atoms with Crippen molar-refractivity contribution in [2.24, 2.45) is 5.92 Å². The molecule has 0 aromatic heterocycles. The summed E-state index contributed by atoms with van der Waals surface area (Å²) in [6.07, 6.45) is 4.69. The molecule has 1 aromatic carbocycles. The van der Waals surface area contributed by atoms with Gasteiger partial charge in [-0.05, 0) is 63.2 Å². The van der Waals surface area contributed by atoms with Crippen molar-refractivity contribution in [2.45, 2.75) is 39.5 Å². The average molecular weight is 342 g/mol. The Kier molecular flexibility index (Phi) is 9.98. The standard InChI is InChI=1S/C17H28BrNO/c1-3-11-19-14-15(8-7-12-20-4-2)13-16-9-5-6-10-17(16)18/h5-6,9-10,15,19H,3-4,7-8,11-14H2,1-2H3. The van der Waals surface area contributed by atoms with Crippen LogP contribution in [0.4, 0.5) is 0 Å². The van der Waals surface area contributed by atoms with Crippen molar-refractivity contribution < 1.29 is 4.74 Å². The highest BCUT2D eigenvalue weighted by atomic mass is 79.9. The van der Waals surface area contributed by atoms with E-state index in [2.05, 4.69) is 59.4 Å². The second-order valence-electron chi connectivity index (χ2n) is 5.20. The van der Waals surface area contributed by atoms with Gasteiger partial charge in [0.15, 0.2) is 0 Å². The topological polar surface area (TPSA) is 21.3 Å². The van der Waals surface area contributed by atoms with Crippen molar-refractivity contribution in [2.75, 3.05) is 26.3 Å². The maximum atomic E-state index is 5.45. The smallest absolute Gasteiger partial charge is 0.0466 e. The van der Waals surface area contributed by atoms with E-state index in [1.54, 1.807) is 0 Å². The van der Waals surface area contributed by atoms with Gasteiger partial charge in [0.25, 0.3) is 0 Å². The monoisotopic (exact) mass is 341 g/mol. The van der Waals surface area contributed by atoms with Gasteiger partial charge in [-0.3, -0.25) is 0 Å². The normalized spacial score (nSPS) is 12.6. The molecule has 1 atom stereocenters. The second-order valence-corrected chi connectivity index (χ2v) is 6.06. The van der Waals surface area contributed by atoms with Gasteiger partial charge in [0.1, 0.15) is 0 Å². The molecule has 0 saturated heterocycles. The lowest BCUT2D eigenvalue weighted by Crippen LogP contribution is -2.25. The largest absolute Gasteiger partial charge is 0.382 e. The molecule has 114 valence electrons. The van der Waals surface area contributed by atoms with E-state index in [9.17, 15) is 0 Å². The minimum atomic E-state index is 0.681. The maximum absolute atomic E-state index is 5.45. The molecule has 0 radical (unpaired) electrons. The maximum Gasteiger partial charge on any atom is 0.0466 e. The first kappa shape index (κ1) is 17.7. The van der Waals surface area contributed by atoms with Crippen molar-refractivity contribution in [3.63, 3.8) is 0 Å². The van der Waals surface area contributed by atoms with Gasteiger partial charge in [-0.15, -0.1) is 0 Å². The lowest BCUT2D eigenvalue weighted by molar-refractivity contribution is 0.139. The Balaban J connectivity index is 2.46. The van der Waals surface area contributed by atoms with E-state index >= 15 is 0 Å². The molecule has 1 unspecified atom stereocenters. The van der Waals surface area contributed by atoms with Crippen molar-refractivity contribution in [1.29, 1.82) is 0 Å². The lowest BCUT2D eigenvalue weighted by Gasteiger charge is -2.18. The summed E-state index contributed by atoms with van der Waals surface area (Å²) in [6, 6.07) is 8.55. The molecule has 0 aliphatic rings. The summed E-state index contributed by atoms with van der Waals surface area (Å²) in [5, 5.41) is 3.56. The molecule has 0 heterocycles. The molecule has 3 heteroatoms. The highest BCUT2D eigenvalue weighted by Crippen LogP contribution is 2.21. The van der Waals surface area contributed by atoms with E-state index in [0.717, 1.165) is 39.1 Å². The molecule has 0 aliphatic carbocycles. The van der Waals surface area contributed by atoms with Crippen LogP contribution in [0.3, 0.4) is 0 Å². The number of ether oxygens (including phenoxy) is 1. The summed E-state index contributed by atoms with van der Waals surface area (Å²) in [4.78, 5) is 0. The number of benzene rings is 1. The molecule has 0 aliphatic heterocycles. The summed E-state index contributed by atoms with van der Waals surface area (Å²) in [5.41, 5.74) is 1.41. The molecule has 1 N–H and O–H groups in total. The van der Waals surface area contributed by atoms with Gasteiger partial charge in [-0.2, -0.15) is 0 Å². The van der Waals surface area contributed by atoms with Crippen LogP contribution < -0.4 is 5.32 Å². The fourth-order valence-corrected chi connectivity index (χ4v) is 2.80. The highest BCUT2D eigenvalue weighted by molar-refractivity contribution is 9.10. The predicted molar refractivity (Wildman–Crippen MR) is 90.2 cm³/mol. The van der Waals surface area contributed by atoms with E-state index in [1.807, 2.05) is 0 Å². The summed E-state index contributed by atoms with van der Waals surface area (Å²) in [5.74, 6) is 0.681. The third-order valence-electron chi connectivity index (χ3n) is 3.43. The van der Waals surface area contributed by atoms with Crippen molar-refractivity contribution in [3.05, 3.63) is 34.3 Å². The molecule has 0 saturated carbocycles. The van der Waals surface area contributed by atoms with Crippen LogP contribution >= 0.6 is 15.9 Å². The first-order valence-electron chi connectivity index (χ1n) is 7.79. The van der Waals surface area contributed by atoms with E-state index < -0.39 is 0 Å². The van der Waals surface area contributed by atoms with E-state index in [1.165, 1.54) is 22.9 Å². The quantitative estimate of drug-likeness (QED) is 0.601. The number of nitrogens with one attached hydrogen (secondary N) is 1. The van der Waals surface area contributed by atoms with Crippen LogP contribution in [0.1, 0.15) is 38.7 Å². The number of hydrogen-bond donors (Lipinski definition) is 1. The van der Waals surface area contributed by atoms with Crippen molar-refractivity contribution in [1.82, 2.24) is 5.32 Å². The second kappa shape index (κ2) is 11.3. The summed E-state index contributed by atoms with van der Waals surface area (Å²) >= 11 is 3.65. The third kappa shape index (κ3) is 7.41. The molecule has 20 heavy (non-hydrogen) atoms. The molecule has 0 amide bonds. The fourth-order valence-electron chi connectivity index (χ4n) is 2.35. The van der Waals surface area contributed by atoms with Crippen LogP contribution in [0.15, 0.2) is 28.7 Å². The van der Waals surface area contributed by atoms with Gasteiger partial charge in [0.05, 0.1) is 0 Å². The Morgan fingerprint density at radius 2 is 2.05 bits per heavy atom. The van der Waals surface area contributed by atoms with Gasteiger partial charge >= 0.3 is 0 Å². The Hall–Kier alpha value is -0.380. The van der Waals surface area contributed by atoms with Gasteiger partial charge < -0.3 is 10.1 Å². The minimum Gasteiger partial charge on any atom is -0.382 e. The number of rotatable bonds is 11. The highest BCUT2D eigenvalue weighted by Gasteiger charge is 2.11. The zero-order chi connectivity index (χ0) is 14.6. The lowest BCUT2D eigenvalue weighted by atomic mass is 9.94. The van der Waals surface area contributed by atoms with E-state index in [4.69, 9.17) is 4.74 Å². The number of halogens is 1. The van der Waals surface area contributed by atoms with E-state index in [-0.39, 0.29) is 0 Å². The van der Waals surface area contributed by atoms with Crippen molar-refractivity contribution in [3.8, 4) is 0 Å². The third-order valence-corrected chi connectivity index (χ3v) is 4.21. The van der Waals surface area contributed by atoms with Gasteiger partial charge in [-0.1, -0.05) is 41.1 Å². The first-order chi connectivity index (χ1) is 9.77. The van der Waals surface area contributed by atoms with Gasteiger partial charge in [0, 0.05) is 17.7 Å². The zero-order valence-corrected chi connectivity index (χ0v) is 14.4. The van der Waals surface area contributed by atoms with Gasteiger partial charge in [0.2, 0.25) is 0 Å². The van der Waals surface area contributed by atoms with Crippen molar-refractivity contribution >= 4 is 15.9 Å². The van der Waals surface area contributed by atoms with Crippen LogP contribution in [0.5, 0.6) is 0 Å².